The van der Waals surface area contributed by atoms with Crippen molar-refractivity contribution in [1.82, 2.24) is 10.2 Å². The number of hydrogen-bond donors (Lipinski definition) is 1. The zero-order chi connectivity index (χ0) is 19.3. The summed E-state index contributed by atoms with van der Waals surface area (Å²) >= 11 is 1.54. The fourth-order valence-electron chi connectivity index (χ4n) is 3.12. The number of carbonyl (C=O) groups is 2. The predicted molar refractivity (Wildman–Crippen MR) is 104 cm³/mol. The first-order valence-corrected chi connectivity index (χ1v) is 9.90. The molecular weight excluding hydrogens is 352 g/mol. The molecule has 2 amide bonds. The summed E-state index contributed by atoms with van der Waals surface area (Å²) in [6.45, 7) is 6.55. The number of rotatable bonds is 8. The van der Waals surface area contributed by atoms with Crippen LogP contribution < -0.4 is 14.8 Å². The van der Waals surface area contributed by atoms with E-state index in [1.165, 1.54) is 11.8 Å². The number of carbonyl (C=O) groups excluding carboxylic acids is 2. The molecule has 0 aromatic heterocycles. The molecule has 0 aliphatic carbocycles. The highest BCUT2D eigenvalue weighted by molar-refractivity contribution is 8.00. The number of amides is 2. The monoisotopic (exact) mass is 380 g/mol. The minimum Gasteiger partial charge on any atom is -0.493 e. The van der Waals surface area contributed by atoms with Gasteiger partial charge in [0.05, 0.1) is 20.0 Å². The van der Waals surface area contributed by atoms with Gasteiger partial charge in [-0.15, -0.1) is 11.8 Å². The van der Waals surface area contributed by atoms with Crippen molar-refractivity contribution in [3.05, 3.63) is 23.8 Å². The van der Waals surface area contributed by atoms with E-state index in [4.69, 9.17) is 9.47 Å². The lowest BCUT2D eigenvalue weighted by atomic mass is 10.0. The number of benzene rings is 1. The fraction of sp³-hybridized carbons (Fsp3) is 0.579. The summed E-state index contributed by atoms with van der Waals surface area (Å²) in [6, 6.07) is 5.16. The van der Waals surface area contributed by atoms with E-state index in [0.29, 0.717) is 36.1 Å². The molecule has 6 nitrogen and oxygen atoms in total. The van der Waals surface area contributed by atoms with E-state index >= 15 is 0 Å². The van der Waals surface area contributed by atoms with Gasteiger partial charge in [-0.2, -0.15) is 0 Å². The Bertz CT molecular complexity index is 650. The van der Waals surface area contributed by atoms with Crippen LogP contribution in [0, 0.1) is 5.92 Å². The van der Waals surface area contributed by atoms with E-state index in [1.807, 2.05) is 25.1 Å². The van der Waals surface area contributed by atoms with Crippen molar-refractivity contribution in [2.75, 3.05) is 26.5 Å². The summed E-state index contributed by atoms with van der Waals surface area (Å²) in [7, 11) is 3.17. The highest BCUT2D eigenvalue weighted by atomic mass is 32.2. The zero-order valence-electron chi connectivity index (χ0n) is 16.1. The van der Waals surface area contributed by atoms with Crippen LogP contribution in [0.2, 0.25) is 0 Å². The molecule has 1 aromatic carbocycles. The molecule has 1 aliphatic heterocycles. The molecule has 2 unspecified atom stereocenters. The van der Waals surface area contributed by atoms with E-state index in [0.717, 1.165) is 5.56 Å². The van der Waals surface area contributed by atoms with Crippen LogP contribution in [-0.2, 0) is 9.59 Å². The van der Waals surface area contributed by atoms with Gasteiger partial charge in [0.1, 0.15) is 11.4 Å². The number of hydrogen-bond acceptors (Lipinski definition) is 5. The minimum atomic E-state index is -0.476. The Kier molecular flexibility index (Phi) is 7.20. The number of nitrogens with zero attached hydrogens (tertiary/aromatic N) is 1. The third-order valence-electron chi connectivity index (χ3n) is 4.28. The summed E-state index contributed by atoms with van der Waals surface area (Å²) < 4.78 is 10.7. The van der Waals surface area contributed by atoms with Gasteiger partial charge in [-0.3, -0.25) is 9.59 Å². The maximum absolute atomic E-state index is 12.7. The summed E-state index contributed by atoms with van der Waals surface area (Å²) in [4.78, 5) is 27.0. The molecule has 1 fully saturated rings. The Morgan fingerprint density at radius 1 is 1.31 bits per heavy atom. The van der Waals surface area contributed by atoms with Gasteiger partial charge in [0, 0.05) is 6.54 Å². The van der Waals surface area contributed by atoms with Gasteiger partial charge in [-0.1, -0.05) is 19.9 Å². The van der Waals surface area contributed by atoms with Crippen LogP contribution in [0.25, 0.3) is 0 Å². The van der Waals surface area contributed by atoms with Crippen LogP contribution in [0.3, 0.4) is 0 Å². The Hall–Kier alpha value is -1.89. The normalized spacial score (nSPS) is 18.2. The van der Waals surface area contributed by atoms with Crippen LogP contribution in [0.5, 0.6) is 11.5 Å². The lowest BCUT2D eigenvalue weighted by molar-refractivity contribution is -0.139. The average molecular weight is 381 g/mol. The molecule has 0 saturated carbocycles. The maximum atomic E-state index is 12.7. The van der Waals surface area contributed by atoms with Crippen molar-refractivity contribution in [3.63, 3.8) is 0 Å². The first kappa shape index (κ1) is 20.4. The number of thioether (sulfide) groups is 1. The van der Waals surface area contributed by atoms with E-state index in [9.17, 15) is 9.59 Å². The molecular formula is C19H28N2O4S. The molecule has 1 aliphatic rings. The number of nitrogens with one attached hydrogen (secondary N) is 1. The van der Waals surface area contributed by atoms with Crippen LogP contribution in [0.1, 0.15) is 38.1 Å². The molecule has 1 N–H and O–H groups in total. The lowest BCUT2D eigenvalue weighted by Gasteiger charge is -2.33. The van der Waals surface area contributed by atoms with Gasteiger partial charge in [-0.05, 0) is 37.0 Å². The Morgan fingerprint density at radius 2 is 2.00 bits per heavy atom. The number of likely N-dealkylation sites (N-methyl/N-ethyl adjacent to an activating group) is 1. The van der Waals surface area contributed by atoms with Gasteiger partial charge in [0.2, 0.25) is 11.8 Å². The van der Waals surface area contributed by atoms with Crippen molar-refractivity contribution >= 4 is 23.6 Å². The van der Waals surface area contributed by atoms with Crippen molar-refractivity contribution in [1.29, 1.82) is 0 Å². The quantitative estimate of drug-likeness (QED) is 0.751. The summed E-state index contributed by atoms with van der Waals surface area (Å²) in [5.74, 6) is 1.82. The Labute approximate surface area is 159 Å². The fourth-order valence-corrected chi connectivity index (χ4v) is 4.34. The molecule has 7 heteroatoms. The van der Waals surface area contributed by atoms with E-state index in [2.05, 4.69) is 19.2 Å². The average Bonchev–Trinajstić information content (AvgIpc) is 3.00. The number of ether oxygens (including phenoxy) is 2. The molecule has 1 heterocycles. The second kappa shape index (κ2) is 9.16. The van der Waals surface area contributed by atoms with Crippen LogP contribution in [0.15, 0.2) is 18.2 Å². The third-order valence-corrected chi connectivity index (χ3v) is 5.51. The molecule has 144 valence electrons. The molecule has 2 atom stereocenters. The SMILES string of the molecule is CCNC(=O)C(CC(C)C)N1C(=O)CSC1c1ccc(OC)c(OC)c1. The highest BCUT2D eigenvalue weighted by Crippen LogP contribution is 2.43. The topological polar surface area (TPSA) is 67.9 Å². The highest BCUT2D eigenvalue weighted by Gasteiger charge is 2.41. The smallest absolute Gasteiger partial charge is 0.242 e. The second-order valence-electron chi connectivity index (χ2n) is 6.62. The predicted octanol–water partition coefficient (Wildman–Crippen LogP) is 2.83. The largest absolute Gasteiger partial charge is 0.493 e. The van der Waals surface area contributed by atoms with Gasteiger partial charge in [0.15, 0.2) is 11.5 Å². The summed E-state index contributed by atoms with van der Waals surface area (Å²) in [6.07, 6.45) is 0.627. The van der Waals surface area contributed by atoms with E-state index < -0.39 is 6.04 Å². The zero-order valence-corrected chi connectivity index (χ0v) is 16.9. The molecule has 0 bridgehead atoms. The molecule has 1 saturated heterocycles. The second-order valence-corrected chi connectivity index (χ2v) is 7.69. The minimum absolute atomic E-state index is 0.00770. The van der Waals surface area contributed by atoms with Gasteiger partial charge in [-0.25, -0.2) is 0 Å². The van der Waals surface area contributed by atoms with Crippen LogP contribution in [0.4, 0.5) is 0 Å². The Balaban J connectivity index is 2.38. The first-order valence-electron chi connectivity index (χ1n) is 8.85. The standard InChI is InChI=1S/C19H28N2O4S/c1-6-20-18(23)14(9-12(2)3)21-17(22)11-26-19(21)13-7-8-15(24-4)16(10-13)25-5/h7-8,10,12,14,19H,6,9,11H2,1-5H3,(H,20,23). The van der Waals surface area contributed by atoms with Crippen molar-refractivity contribution in [3.8, 4) is 11.5 Å². The maximum Gasteiger partial charge on any atom is 0.242 e. The van der Waals surface area contributed by atoms with Crippen molar-refractivity contribution in [2.24, 2.45) is 5.92 Å². The lowest BCUT2D eigenvalue weighted by Crippen LogP contribution is -2.49. The Morgan fingerprint density at radius 3 is 2.58 bits per heavy atom. The van der Waals surface area contributed by atoms with Gasteiger partial charge in [0.25, 0.3) is 0 Å². The van der Waals surface area contributed by atoms with E-state index in [1.54, 1.807) is 19.1 Å². The third kappa shape index (κ3) is 4.44. The molecule has 2 rings (SSSR count). The van der Waals surface area contributed by atoms with Gasteiger partial charge < -0.3 is 19.7 Å². The van der Waals surface area contributed by atoms with E-state index in [-0.39, 0.29) is 17.2 Å². The van der Waals surface area contributed by atoms with Crippen molar-refractivity contribution in [2.45, 2.75) is 38.6 Å². The van der Waals surface area contributed by atoms with Crippen molar-refractivity contribution < 1.29 is 19.1 Å². The summed E-state index contributed by atoms with van der Waals surface area (Å²) in [5.41, 5.74) is 0.927. The summed E-state index contributed by atoms with van der Waals surface area (Å²) in [5, 5.41) is 2.66. The van der Waals surface area contributed by atoms with Crippen LogP contribution >= 0.6 is 11.8 Å². The molecule has 0 spiro atoms. The number of methoxy groups -OCH3 is 2. The van der Waals surface area contributed by atoms with Gasteiger partial charge >= 0.3 is 0 Å². The van der Waals surface area contributed by atoms with Crippen LogP contribution in [-0.4, -0.2) is 49.3 Å². The first-order chi connectivity index (χ1) is 12.4. The molecule has 26 heavy (non-hydrogen) atoms. The molecule has 0 radical (unpaired) electrons. The molecule has 1 aromatic rings.